The number of benzene rings is 1. The molecule has 0 aromatic heterocycles. The van der Waals surface area contributed by atoms with Gasteiger partial charge in [-0.15, -0.1) is 0 Å². The summed E-state index contributed by atoms with van der Waals surface area (Å²) in [5.41, 5.74) is 0.830. The van der Waals surface area contributed by atoms with Crippen LogP contribution in [0, 0.1) is 5.92 Å². The number of carbonyl (C=O) groups is 2. The number of ether oxygens (including phenoxy) is 1. The second-order valence-electron chi connectivity index (χ2n) is 6.30. The Hall–Kier alpha value is -2.24. The molecule has 6 nitrogen and oxygen atoms in total. The quantitative estimate of drug-likeness (QED) is 0.924. The van der Waals surface area contributed by atoms with Gasteiger partial charge in [0, 0.05) is 25.6 Å². The summed E-state index contributed by atoms with van der Waals surface area (Å²) in [4.78, 5) is 28.6. The van der Waals surface area contributed by atoms with E-state index >= 15 is 0 Å². The van der Waals surface area contributed by atoms with Crippen molar-refractivity contribution < 1.29 is 14.3 Å². The molecule has 0 bridgehead atoms. The van der Waals surface area contributed by atoms with E-state index < -0.39 is 0 Å². The van der Waals surface area contributed by atoms with Crippen LogP contribution in [-0.2, 0) is 4.79 Å². The third-order valence-corrected chi connectivity index (χ3v) is 4.64. The topological polar surface area (TPSA) is 61.9 Å². The zero-order valence-corrected chi connectivity index (χ0v) is 14.2. The predicted molar refractivity (Wildman–Crippen MR) is 92.3 cm³/mol. The number of nitrogens with one attached hydrogen (secondary N) is 1. The number of fused-ring (bicyclic) bond motifs is 1. The molecule has 1 aromatic rings. The number of amides is 3. The number of nitrogens with zero attached hydrogens (tertiary/aromatic N) is 2. The van der Waals surface area contributed by atoms with Crippen molar-refractivity contribution in [3.8, 4) is 5.75 Å². The predicted octanol–water partition coefficient (Wildman–Crippen LogP) is 2.24. The van der Waals surface area contributed by atoms with E-state index in [1.807, 2.05) is 36.1 Å². The summed E-state index contributed by atoms with van der Waals surface area (Å²) < 4.78 is 5.61. The number of para-hydroxylation sites is 2. The first-order valence-electron chi connectivity index (χ1n) is 8.76. The Morgan fingerprint density at radius 1 is 1.21 bits per heavy atom. The van der Waals surface area contributed by atoms with Gasteiger partial charge in [-0.2, -0.15) is 0 Å². The van der Waals surface area contributed by atoms with Crippen molar-refractivity contribution in [3.05, 3.63) is 24.3 Å². The lowest BCUT2D eigenvalue weighted by Crippen LogP contribution is -2.50. The molecule has 0 aliphatic carbocycles. The fraction of sp³-hybridized carbons (Fsp3) is 0.556. The van der Waals surface area contributed by atoms with Gasteiger partial charge in [0.2, 0.25) is 5.91 Å². The summed E-state index contributed by atoms with van der Waals surface area (Å²) in [5.74, 6) is 0.907. The summed E-state index contributed by atoms with van der Waals surface area (Å²) >= 11 is 0. The summed E-state index contributed by atoms with van der Waals surface area (Å²) in [7, 11) is 0. The average molecular weight is 331 g/mol. The van der Waals surface area contributed by atoms with Gasteiger partial charge in [0.1, 0.15) is 12.4 Å². The van der Waals surface area contributed by atoms with E-state index in [0.717, 1.165) is 37.2 Å². The molecule has 0 radical (unpaired) electrons. The van der Waals surface area contributed by atoms with Gasteiger partial charge in [-0.3, -0.25) is 9.69 Å². The standard InChI is InChI=1S/C18H25N3O3/c1-2-9-19-17(22)14-7-10-20(11-8-14)18(23)21-12-13-24-16-6-4-3-5-15(16)21/h3-6,14H,2,7-13H2,1H3,(H,19,22). The van der Waals surface area contributed by atoms with Gasteiger partial charge < -0.3 is 15.0 Å². The first-order valence-corrected chi connectivity index (χ1v) is 8.76. The van der Waals surface area contributed by atoms with Crippen LogP contribution in [0.3, 0.4) is 0 Å². The molecule has 1 N–H and O–H groups in total. The van der Waals surface area contributed by atoms with Crippen molar-refractivity contribution in [1.29, 1.82) is 0 Å². The van der Waals surface area contributed by atoms with E-state index in [1.54, 1.807) is 4.90 Å². The first-order chi connectivity index (χ1) is 11.7. The van der Waals surface area contributed by atoms with Crippen LogP contribution in [0.25, 0.3) is 0 Å². The van der Waals surface area contributed by atoms with Crippen LogP contribution in [-0.4, -0.2) is 49.6 Å². The smallest absolute Gasteiger partial charge is 0.324 e. The van der Waals surface area contributed by atoms with Crippen LogP contribution < -0.4 is 15.0 Å². The highest BCUT2D eigenvalue weighted by Crippen LogP contribution is 2.32. The molecule has 6 heteroatoms. The Morgan fingerprint density at radius 2 is 1.96 bits per heavy atom. The second-order valence-corrected chi connectivity index (χ2v) is 6.30. The van der Waals surface area contributed by atoms with Crippen molar-refractivity contribution in [3.63, 3.8) is 0 Å². The molecule has 2 heterocycles. The van der Waals surface area contributed by atoms with Crippen molar-refractivity contribution in [1.82, 2.24) is 10.2 Å². The monoisotopic (exact) mass is 331 g/mol. The number of hydrogen-bond acceptors (Lipinski definition) is 3. The van der Waals surface area contributed by atoms with Crippen molar-refractivity contribution in [2.45, 2.75) is 26.2 Å². The Balaban J connectivity index is 1.59. The maximum Gasteiger partial charge on any atom is 0.324 e. The number of piperidine rings is 1. The van der Waals surface area contributed by atoms with E-state index in [2.05, 4.69) is 5.32 Å². The number of urea groups is 1. The number of hydrogen-bond donors (Lipinski definition) is 1. The largest absolute Gasteiger partial charge is 0.490 e. The van der Waals surface area contributed by atoms with E-state index in [4.69, 9.17) is 4.74 Å². The summed E-state index contributed by atoms with van der Waals surface area (Å²) in [5, 5.41) is 2.95. The molecule has 0 spiro atoms. The molecule has 2 aliphatic rings. The fourth-order valence-corrected chi connectivity index (χ4v) is 3.26. The Morgan fingerprint density at radius 3 is 2.71 bits per heavy atom. The van der Waals surface area contributed by atoms with E-state index in [-0.39, 0.29) is 17.9 Å². The lowest BCUT2D eigenvalue weighted by molar-refractivity contribution is -0.126. The van der Waals surface area contributed by atoms with Gasteiger partial charge >= 0.3 is 6.03 Å². The number of likely N-dealkylation sites (tertiary alicyclic amines) is 1. The zero-order chi connectivity index (χ0) is 16.9. The summed E-state index contributed by atoms with van der Waals surface area (Å²) in [6, 6.07) is 7.64. The molecular weight excluding hydrogens is 306 g/mol. The highest BCUT2D eigenvalue weighted by Gasteiger charge is 2.31. The van der Waals surface area contributed by atoms with E-state index in [1.165, 1.54) is 0 Å². The van der Waals surface area contributed by atoms with Crippen LogP contribution in [0.1, 0.15) is 26.2 Å². The summed E-state index contributed by atoms with van der Waals surface area (Å²) in [6.45, 7) is 5.10. The molecule has 24 heavy (non-hydrogen) atoms. The van der Waals surface area contributed by atoms with Gasteiger partial charge in [-0.05, 0) is 31.4 Å². The van der Waals surface area contributed by atoms with Gasteiger partial charge in [0.05, 0.1) is 12.2 Å². The highest BCUT2D eigenvalue weighted by molar-refractivity contribution is 5.94. The number of anilines is 1. The Labute approximate surface area is 142 Å². The molecule has 1 saturated heterocycles. The van der Waals surface area contributed by atoms with Gasteiger partial charge in [-0.25, -0.2) is 4.79 Å². The molecule has 0 saturated carbocycles. The van der Waals surface area contributed by atoms with Crippen LogP contribution in [0.2, 0.25) is 0 Å². The van der Waals surface area contributed by atoms with Gasteiger partial charge in [0.25, 0.3) is 0 Å². The van der Waals surface area contributed by atoms with Gasteiger partial charge in [0.15, 0.2) is 0 Å². The van der Waals surface area contributed by atoms with E-state index in [9.17, 15) is 9.59 Å². The minimum atomic E-state index is 0.0122. The van der Waals surface area contributed by atoms with Crippen LogP contribution in [0.15, 0.2) is 24.3 Å². The van der Waals surface area contributed by atoms with Crippen molar-refractivity contribution in [2.75, 3.05) is 37.7 Å². The number of carbonyl (C=O) groups excluding carboxylic acids is 2. The zero-order valence-electron chi connectivity index (χ0n) is 14.2. The minimum absolute atomic E-state index is 0.0122. The molecular formula is C18H25N3O3. The van der Waals surface area contributed by atoms with Crippen molar-refractivity contribution in [2.24, 2.45) is 5.92 Å². The molecule has 3 amide bonds. The molecule has 1 aromatic carbocycles. The third-order valence-electron chi connectivity index (χ3n) is 4.64. The van der Waals surface area contributed by atoms with Crippen molar-refractivity contribution >= 4 is 17.6 Å². The summed E-state index contributed by atoms with van der Waals surface area (Å²) in [6.07, 6.45) is 2.40. The minimum Gasteiger partial charge on any atom is -0.490 e. The maximum atomic E-state index is 12.9. The SMILES string of the molecule is CCCNC(=O)C1CCN(C(=O)N2CCOc3ccccc32)CC1. The van der Waals surface area contributed by atoms with E-state index in [0.29, 0.717) is 26.2 Å². The molecule has 2 aliphatic heterocycles. The molecule has 130 valence electrons. The number of rotatable bonds is 3. The maximum absolute atomic E-state index is 12.9. The Kier molecular flexibility index (Phi) is 5.23. The Bertz CT molecular complexity index is 597. The third kappa shape index (κ3) is 3.47. The lowest BCUT2D eigenvalue weighted by atomic mass is 9.96. The van der Waals surface area contributed by atoms with Gasteiger partial charge in [-0.1, -0.05) is 19.1 Å². The lowest BCUT2D eigenvalue weighted by Gasteiger charge is -2.37. The fourth-order valence-electron chi connectivity index (χ4n) is 3.26. The normalized spacial score (nSPS) is 17.9. The molecule has 1 fully saturated rings. The second kappa shape index (κ2) is 7.55. The van der Waals surface area contributed by atoms with Crippen LogP contribution >= 0.6 is 0 Å². The molecule has 0 unspecified atom stereocenters. The highest BCUT2D eigenvalue weighted by atomic mass is 16.5. The van der Waals surface area contributed by atoms with Crippen LogP contribution in [0.4, 0.5) is 10.5 Å². The average Bonchev–Trinajstić information content (AvgIpc) is 2.65. The molecule has 0 atom stereocenters. The first kappa shape index (κ1) is 16.6. The molecule has 3 rings (SSSR count). The van der Waals surface area contributed by atoms with Crippen LogP contribution in [0.5, 0.6) is 5.75 Å².